The molecular formula is C30H26F4N2O5S. The molecular weight excluding hydrogens is 576 g/mol. The summed E-state index contributed by atoms with van der Waals surface area (Å²) in [4.78, 5) is 16.0. The van der Waals surface area contributed by atoms with Crippen molar-refractivity contribution in [2.75, 3.05) is 0 Å². The van der Waals surface area contributed by atoms with E-state index in [9.17, 15) is 27.5 Å². The number of carbonyl (C=O) groups is 1. The Kier molecular flexibility index (Phi) is 6.73. The fourth-order valence-electron chi connectivity index (χ4n) is 6.70. The molecule has 3 unspecified atom stereocenters. The van der Waals surface area contributed by atoms with E-state index in [1.54, 1.807) is 6.07 Å². The fourth-order valence-corrected chi connectivity index (χ4v) is 8.01. The molecule has 12 heteroatoms. The molecule has 220 valence electrons. The Hall–Kier alpha value is -3.51. The summed E-state index contributed by atoms with van der Waals surface area (Å²) in [6, 6.07) is 8.38. The zero-order valence-corrected chi connectivity index (χ0v) is 23.0. The summed E-state index contributed by atoms with van der Waals surface area (Å²) < 4.78 is 70.8. The van der Waals surface area contributed by atoms with E-state index in [0.29, 0.717) is 21.7 Å². The van der Waals surface area contributed by atoms with Gasteiger partial charge in [-0.2, -0.15) is 0 Å². The molecule has 7 rings (SSSR count). The van der Waals surface area contributed by atoms with Crippen LogP contribution >= 0.6 is 11.3 Å². The first-order valence-corrected chi connectivity index (χ1v) is 14.7. The zero-order chi connectivity index (χ0) is 29.2. The number of aromatic nitrogens is 2. The minimum atomic E-state index is -4.85. The number of hydrogen-bond donors (Lipinski definition) is 1. The number of carboxylic acids is 1. The van der Waals surface area contributed by atoms with E-state index < -0.39 is 18.1 Å². The highest BCUT2D eigenvalue weighted by atomic mass is 32.1. The van der Waals surface area contributed by atoms with Crippen molar-refractivity contribution < 1.29 is 41.5 Å². The first-order valence-electron chi connectivity index (χ1n) is 13.9. The van der Waals surface area contributed by atoms with Crippen molar-refractivity contribution in [3.8, 4) is 17.0 Å². The lowest BCUT2D eigenvalue weighted by Gasteiger charge is -2.34. The van der Waals surface area contributed by atoms with Gasteiger partial charge in [0, 0.05) is 23.0 Å². The standard InChI is InChI=1S/C30H26F4N2O5S/c31-21-11-17(29(37)38)12-23-26(21)35-28(42-23)24-15-7-8-16(24)10-18(9-15)39-13-20-25(36-41-27(20)14-5-6-14)19-3-1-2-4-22(19)40-30(32,33)34/h1-4,11-12,14-16,18,24H,5-10,13H2,(H,37,38)/t15-,16?,18?,24?/m0/s1. The second-order valence-corrected chi connectivity index (χ2v) is 12.4. The third-order valence-corrected chi connectivity index (χ3v) is 9.75. The predicted octanol–water partition coefficient (Wildman–Crippen LogP) is 8.05. The SMILES string of the molecule is O=C(O)c1cc(F)c2nc(C3C4CC[C@H]3CC(OCc3c(-c5ccccc5OC(F)(F)F)noc3C3CC3)C4)sc2c1. The quantitative estimate of drug-likeness (QED) is 0.204. The average Bonchev–Trinajstić information content (AvgIpc) is 3.45. The molecule has 0 aliphatic heterocycles. The van der Waals surface area contributed by atoms with Crippen molar-refractivity contribution in [1.29, 1.82) is 0 Å². The summed E-state index contributed by atoms with van der Waals surface area (Å²) in [5.41, 5.74) is 1.26. The molecule has 2 aromatic carbocycles. The van der Waals surface area contributed by atoms with E-state index in [1.165, 1.54) is 35.6 Å². The van der Waals surface area contributed by atoms with Crippen molar-refractivity contribution in [1.82, 2.24) is 10.1 Å². The maximum absolute atomic E-state index is 14.6. The number of rotatable bonds is 8. The van der Waals surface area contributed by atoms with Crippen molar-refractivity contribution in [3.05, 3.63) is 64.1 Å². The van der Waals surface area contributed by atoms with Gasteiger partial charge in [0.1, 0.15) is 22.7 Å². The minimum Gasteiger partial charge on any atom is -0.478 e. The van der Waals surface area contributed by atoms with Gasteiger partial charge in [-0.05, 0) is 74.6 Å². The number of alkyl halides is 3. The highest BCUT2D eigenvalue weighted by Crippen LogP contribution is 2.54. The molecule has 4 atom stereocenters. The smallest absolute Gasteiger partial charge is 0.478 e. The van der Waals surface area contributed by atoms with Gasteiger partial charge in [-0.25, -0.2) is 14.2 Å². The van der Waals surface area contributed by atoms with Gasteiger partial charge in [-0.1, -0.05) is 17.3 Å². The molecule has 0 amide bonds. The normalized spacial score (nSPS) is 23.9. The third-order valence-electron chi connectivity index (χ3n) is 8.65. The molecule has 0 spiro atoms. The Morgan fingerprint density at radius 3 is 2.52 bits per heavy atom. The highest BCUT2D eigenvalue weighted by molar-refractivity contribution is 7.18. The van der Waals surface area contributed by atoms with Crippen LogP contribution in [0.1, 0.15) is 77.1 Å². The van der Waals surface area contributed by atoms with Crippen LogP contribution in [0.5, 0.6) is 5.75 Å². The van der Waals surface area contributed by atoms with Crippen LogP contribution in [0.4, 0.5) is 17.6 Å². The maximum Gasteiger partial charge on any atom is 0.573 e. The second-order valence-electron chi connectivity index (χ2n) is 11.4. The minimum absolute atomic E-state index is 0.0695. The largest absolute Gasteiger partial charge is 0.573 e. The Morgan fingerprint density at radius 2 is 1.83 bits per heavy atom. The molecule has 2 bridgehead atoms. The number of fused-ring (bicyclic) bond motifs is 3. The van der Waals surface area contributed by atoms with Gasteiger partial charge >= 0.3 is 12.3 Å². The number of carboxylic acid groups (broad SMARTS) is 1. The number of nitrogens with zero attached hydrogens (tertiary/aromatic N) is 2. The molecule has 2 aromatic heterocycles. The van der Waals surface area contributed by atoms with Gasteiger partial charge in [0.2, 0.25) is 0 Å². The van der Waals surface area contributed by atoms with Gasteiger partial charge < -0.3 is 19.1 Å². The molecule has 0 saturated heterocycles. The van der Waals surface area contributed by atoms with E-state index in [4.69, 9.17) is 9.26 Å². The van der Waals surface area contributed by atoms with Crippen LogP contribution < -0.4 is 4.74 Å². The monoisotopic (exact) mass is 602 g/mol. The highest BCUT2D eigenvalue weighted by Gasteiger charge is 2.45. The van der Waals surface area contributed by atoms with Gasteiger partial charge in [-0.3, -0.25) is 0 Å². The van der Waals surface area contributed by atoms with Crippen LogP contribution in [0.2, 0.25) is 0 Å². The van der Waals surface area contributed by atoms with Gasteiger partial charge in [0.05, 0.1) is 28.0 Å². The number of para-hydroxylation sites is 1. The lowest BCUT2D eigenvalue weighted by molar-refractivity contribution is -0.274. The number of ether oxygens (including phenoxy) is 2. The molecule has 0 radical (unpaired) electrons. The molecule has 2 heterocycles. The van der Waals surface area contributed by atoms with Crippen molar-refractivity contribution in [2.24, 2.45) is 11.8 Å². The van der Waals surface area contributed by atoms with E-state index in [-0.39, 0.29) is 58.8 Å². The molecule has 3 aliphatic rings. The summed E-state index contributed by atoms with van der Waals surface area (Å²) in [5.74, 6) is -0.619. The molecule has 3 aliphatic carbocycles. The van der Waals surface area contributed by atoms with Gasteiger partial charge in [-0.15, -0.1) is 24.5 Å². The molecule has 3 fully saturated rings. The van der Waals surface area contributed by atoms with Crippen LogP contribution in [0.15, 0.2) is 40.9 Å². The predicted molar refractivity (Wildman–Crippen MR) is 144 cm³/mol. The van der Waals surface area contributed by atoms with Gasteiger partial charge in [0.25, 0.3) is 0 Å². The number of halogens is 4. The zero-order valence-electron chi connectivity index (χ0n) is 22.2. The lowest BCUT2D eigenvalue weighted by atomic mass is 9.77. The summed E-state index contributed by atoms with van der Waals surface area (Å²) in [5, 5.41) is 14.3. The summed E-state index contributed by atoms with van der Waals surface area (Å²) >= 11 is 1.36. The summed E-state index contributed by atoms with van der Waals surface area (Å²) in [6.45, 7) is 0.157. The van der Waals surface area contributed by atoms with Crippen LogP contribution in [0, 0.1) is 17.7 Å². The third kappa shape index (κ3) is 5.15. The van der Waals surface area contributed by atoms with Crippen molar-refractivity contribution in [3.63, 3.8) is 0 Å². The Morgan fingerprint density at radius 1 is 1.10 bits per heavy atom. The van der Waals surface area contributed by atoms with Gasteiger partial charge in [0.15, 0.2) is 5.82 Å². The topological polar surface area (TPSA) is 94.7 Å². The number of benzene rings is 2. The Balaban J connectivity index is 1.10. The van der Waals surface area contributed by atoms with Crippen LogP contribution in [0.3, 0.4) is 0 Å². The van der Waals surface area contributed by atoms with E-state index in [0.717, 1.165) is 49.6 Å². The number of hydrogen-bond acceptors (Lipinski definition) is 7. The lowest BCUT2D eigenvalue weighted by Crippen LogP contribution is -2.29. The van der Waals surface area contributed by atoms with Crippen LogP contribution in [-0.4, -0.2) is 33.7 Å². The van der Waals surface area contributed by atoms with Crippen LogP contribution in [-0.2, 0) is 11.3 Å². The number of thiazole rings is 1. The first kappa shape index (κ1) is 27.3. The average molecular weight is 603 g/mol. The number of aromatic carboxylic acids is 1. The Bertz CT molecular complexity index is 1650. The Labute approximate surface area is 241 Å². The first-order chi connectivity index (χ1) is 20.1. The van der Waals surface area contributed by atoms with E-state index in [2.05, 4.69) is 14.9 Å². The second kappa shape index (κ2) is 10.3. The van der Waals surface area contributed by atoms with E-state index >= 15 is 0 Å². The molecule has 7 nitrogen and oxygen atoms in total. The molecule has 4 aromatic rings. The summed E-state index contributed by atoms with van der Waals surface area (Å²) in [7, 11) is 0. The summed E-state index contributed by atoms with van der Waals surface area (Å²) in [6.07, 6.45) is 0.452. The molecule has 3 saturated carbocycles. The van der Waals surface area contributed by atoms with Crippen molar-refractivity contribution in [2.45, 2.75) is 69.4 Å². The van der Waals surface area contributed by atoms with E-state index in [1.807, 2.05) is 0 Å². The molecule has 1 N–H and O–H groups in total. The van der Waals surface area contributed by atoms with Crippen molar-refractivity contribution >= 4 is 27.5 Å². The fraction of sp³-hybridized carbons (Fsp3) is 0.433. The maximum atomic E-state index is 14.6. The molecule has 42 heavy (non-hydrogen) atoms. The van der Waals surface area contributed by atoms with Crippen LogP contribution in [0.25, 0.3) is 21.5 Å².